The van der Waals surface area contributed by atoms with E-state index >= 15 is 0 Å². The van der Waals surface area contributed by atoms with Crippen molar-refractivity contribution in [2.45, 2.75) is 104 Å². The lowest BCUT2D eigenvalue weighted by Gasteiger charge is -2.05. The van der Waals surface area contributed by atoms with Crippen LogP contribution in [0.4, 0.5) is 0 Å². The summed E-state index contributed by atoms with van der Waals surface area (Å²) in [4.78, 5) is 11.8. The van der Waals surface area contributed by atoms with Crippen LogP contribution in [0, 0.1) is 6.92 Å². The zero-order valence-corrected chi connectivity index (χ0v) is 17.7. The van der Waals surface area contributed by atoms with Gasteiger partial charge in [-0.3, -0.25) is 4.79 Å². The molecule has 0 amide bonds. The van der Waals surface area contributed by atoms with Crippen LogP contribution in [0.15, 0.2) is 36.4 Å². The molecule has 0 aliphatic carbocycles. The number of aryl methyl sites for hydroxylation is 1. The number of benzene rings is 1. The highest BCUT2D eigenvalue weighted by Gasteiger charge is 2.04. The molecule has 0 spiro atoms. The van der Waals surface area contributed by atoms with Gasteiger partial charge in [0.1, 0.15) is 5.75 Å². The van der Waals surface area contributed by atoms with Crippen LogP contribution in [-0.2, 0) is 4.79 Å². The molecule has 2 nitrogen and oxygen atoms in total. The molecular formula is C25H40O2. The number of esters is 1. The normalized spacial score (nSPS) is 11.2. The highest BCUT2D eigenvalue weighted by molar-refractivity contribution is 5.72. The van der Waals surface area contributed by atoms with Crippen molar-refractivity contribution in [2.24, 2.45) is 0 Å². The van der Waals surface area contributed by atoms with Crippen molar-refractivity contribution in [1.82, 2.24) is 0 Å². The Morgan fingerprint density at radius 1 is 0.852 bits per heavy atom. The first-order valence-electron chi connectivity index (χ1n) is 11.1. The van der Waals surface area contributed by atoms with E-state index in [1.165, 1.54) is 70.6 Å². The molecule has 27 heavy (non-hydrogen) atoms. The van der Waals surface area contributed by atoms with E-state index in [0.29, 0.717) is 12.2 Å². The molecule has 152 valence electrons. The first kappa shape index (κ1) is 23.5. The van der Waals surface area contributed by atoms with Gasteiger partial charge in [0.05, 0.1) is 0 Å². The molecule has 0 aromatic heterocycles. The van der Waals surface area contributed by atoms with E-state index in [9.17, 15) is 4.79 Å². The van der Waals surface area contributed by atoms with E-state index in [-0.39, 0.29) is 5.97 Å². The van der Waals surface area contributed by atoms with Gasteiger partial charge in [0.25, 0.3) is 0 Å². The fourth-order valence-corrected chi connectivity index (χ4v) is 3.20. The lowest BCUT2D eigenvalue weighted by Crippen LogP contribution is -2.07. The Kier molecular flexibility index (Phi) is 14.4. The van der Waals surface area contributed by atoms with Crippen molar-refractivity contribution in [3.05, 3.63) is 42.0 Å². The van der Waals surface area contributed by atoms with Gasteiger partial charge in [-0.1, -0.05) is 82.6 Å². The van der Waals surface area contributed by atoms with Gasteiger partial charge in [0, 0.05) is 6.42 Å². The van der Waals surface area contributed by atoms with E-state index in [1.54, 1.807) is 0 Å². The molecule has 0 bridgehead atoms. The van der Waals surface area contributed by atoms with Gasteiger partial charge in [-0.15, -0.1) is 0 Å². The molecule has 0 aliphatic heterocycles. The van der Waals surface area contributed by atoms with Gasteiger partial charge in [-0.2, -0.15) is 0 Å². The Balaban J connectivity index is 1.87. The molecular weight excluding hydrogens is 332 g/mol. The summed E-state index contributed by atoms with van der Waals surface area (Å²) in [6.07, 6.45) is 21.7. The van der Waals surface area contributed by atoms with Gasteiger partial charge in [-0.25, -0.2) is 0 Å². The number of rotatable bonds is 16. The summed E-state index contributed by atoms with van der Waals surface area (Å²) < 4.78 is 5.37. The second-order valence-corrected chi connectivity index (χ2v) is 7.62. The highest BCUT2D eigenvalue weighted by Crippen LogP contribution is 2.14. The number of hydrogen-bond donors (Lipinski definition) is 0. The van der Waals surface area contributed by atoms with Gasteiger partial charge < -0.3 is 4.74 Å². The Hall–Kier alpha value is -1.57. The maximum absolute atomic E-state index is 11.8. The first-order valence-corrected chi connectivity index (χ1v) is 11.1. The van der Waals surface area contributed by atoms with Crippen LogP contribution in [-0.4, -0.2) is 5.97 Å². The molecule has 0 N–H and O–H groups in total. The average molecular weight is 373 g/mol. The zero-order valence-electron chi connectivity index (χ0n) is 17.7. The standard InChI is InChI=1S/C25H40O2/c1-3-4-5-6-7-8-9-10-11-12-13-14-15-16-17-21-25(26)27-24-20-18-19-23(2)22-24/h10-11,18-20,22H,3-9,12-17,21H2,1-2H3/b11-10-. The summed E-state index contributed by atoms with van der Waals surface area (Å²) in [6, 6.07) is 7.66. The molecule has 1 rings (SSSR count). The Morgan fingerprint density at radius 3 is 2.07 bits per heavy atom. The maximum Gasteiger partial charge on any atom is 0.311 e. The molecule has 1 aromatic carbocycles. The van der Waals surface area contributed by atoms with Gasteiger partial charge >= 0.3 is 5.97 Å². The van der Waals surface area contributed by atoms with Gasteiger partial charge in [-0.05, 0) is 56.7 Å². The fraction of sp³-hybridized carbons (Fsp3) is 0.640. The van der Waals surface area contributed by atoms with Crippen LogP contribution >= 0.6 is 0 Å². The summed E-state index contributed by atoms with van der Waals surface area (Å²) in [5.74, 6) is 0.547. The van der Waals surface area contributed by atoms with Crippen molar-refractivity contribution < 1.29 is 9.53 Å². The van der Waals surface area contributed by atoms with Crippen molar-refractivity contribution in [3.63, 3.8) is 0 Å². The summed E-state index contributed by atoms with van der Waals surface area (Å²) in [5.41, 5.74) is 1.11. The molecule has 0 saturated heterocycles. The van der Waals surface area contributed by atoms with Crippen LogP contribution in [0.5, 0.6) is 5.75 Å². The van der Waals surface area contributed by atoms with Crippen molar-refractivity contribution in [2.75, 3.05) is 0 Å². The molecule has 0 radical (unpaired) electrons. The number of hydrogen-bond acceptors (Lipinski definition) is 2. The van der Waals surface area contributed by atoms with Gasteiger partial charge in [0.2, 0.25) is 0 Å². The maximum atomic E-state index is 11.8. The van der Waals surface area contributed by atoms with Crippen LogP contribution in [0.3, 0.4) is 0 Å². The number of ether oxygens (including phenoxy) is 1. The topological polar surface area (TPSA) is 26.3 Å². The van der Waals surface area contributed by atoms with Crippen molar-refractivity contribution >= 4 is 5.97 Å². The third-order valence-corrected chi connectivity index (χ3v) is 4.86. The van der Waals surface area contributed by atoms with Crippen molar-refractivity contribution in [1.29, 1.82) is 0 Å². The molecule has 0 fully saturated rings. The van der Waals surface area contributed by atoms with Crippen LogP contribution in [0.2, 0.25) is 0 Å². The predicted octanol–water partition coefficient (Wildman–Crippen LogP) is 7.94. The predicted molar refractivity (Wildman–Crippen MR) is 116 cm³/mol. The van der Waals surface area contributed by atoms with Crippen LogP contribution in [0.1, 0.15) is 102 Å². The monoisotopic (exact) mass is 372 g/mol. The zero-order chi connectivity index (χ0) is 19.6. The van der Waals surface area contributed by atoms with Gasteiger partial charge in [0.15, 0.2) is 0 Å². The SMILES string of the molecule is CCCCCCCC/C=C\CCCCCCCC(=O)Oc1cccc(C)c1. The smallest absolute Gasteiger partial charge is 0.311 e. The second-order valence-electron chi connectivity index (χ2n) is 7.62. The van der Waals surface area contributed by atoms with E-state index in [2.05, 4.69) is 19.1 Å². The van der Waals surface area contributed by atoms with Crippen LogP contribution < -0.4 is 4.74 Å². The van der Waals surface area contributed by atoms with E-state index in [4.69, 9.17) is 4.74 Å². The van der Waals surface area contributed by atoms with E-state index in [1.807, 2.05) is 31.2 Å². The summed E-state index contributed by atoms with van der Waals surface area (Å²) in [5, 5.41) is 0. The molecule has 0 unspecified atom stereocenters. The third kappa shape index (κ3) is 14.2. The Morgan fingerprint density at radius 2 is 1.44 bits per heavy atom. The highest BCUT2D eigenvalue weighted by atomic mass is 16.5. The molecule has 0 heterocycles. The minimum atomic E-state index is -0.113. The number of carbonyl (C=O) groups is 1. The lowest BCUT2D eigenvalue weighted by atomic mass is 10.1. The number of unbranched alkanes of at least 4 members (excludes halogenated alkanes) is 11. The molecule has 1 aromatic rings. The Bertz CT molecular complexity index is 519. The molecule has 0 aliphatic rings. The minimum Gasteiger partial charge on any atom is -0.427 e. The lowest BCUT2D eigenvalue weighted by molar-refractivity contribution is -0.134. The third-order valence-electron chi connectivity index (χ3n) is 4.86. The number of carbonyl (C=O) groups excluding carboxylic acids is 1. The van der Waals surface area contributed by atoms with Crippen molar-refractivity contribution in [3.8, 4) is 5.75 Å². The average Bonchev–Trinajstić information content (AvgIpc) is 2.65. The quantitative estimate of drug-likeness (QED) is 0.127. The van der Waals surface area contributed by atoms with E-state index in [0.717, 1.165) is 18.4 Å². The molecule has 0 atom stereocenters. The second kappa shape index (κ2) is 16.6. The molecule has 0 saturated carbocycles. The van der Waals surface area contributed by atoms with E-state index < -0.39 is 0 Å². The summed E-state index contributed by atoms with van der Waals surface area (Å²) in [6.45, 7) is 4.27. The fourth-order valence-electron chi connectivity index (χ4n) is 3.20. The van der Waals surface area contributed by atoms with Crippen LogP contribution in [0.25, 0.3) is 0 Å². The first-order chi connectivity index (χ1) is 13.2. The minimum absolute atomic E-state index is 0.113. The largest absolute Gasteiger partial charge is 0.427 e. The summed E-state index contributed by atoms with van der Waals surface area (Å²) in [7, 11) is 0. The Labute approximate surface area is 167 Å². The molecule has 2 heteroatoms. The number of allylic oxidation sites excluding steroid dienone is 2. The summed E-state index contributed by atoms with van der Waals surface area (Å²) >= 11 is 0.